The van der Waals surface area contributed by atoms with Gasteiger partial charge in [-0.3, -0.25) is 0 Å². The SMILES string of the molecule is Cc1cc(S(=O)(=O)N(C)CCOC(C)C)cc(N)c1C. The first kappa shape index (κ1) is 16.9. The van der Waals surface area contributed by atoms with Crippen LogP contribution in [0.15, 0.2) is 17.0 Å². The summed E-state index contributed by atoms with van der Waals surface area (Å²) >= 11 is 0. The Morgan fingerprint density at radius 1 is 1.30 bits per heavy atom. The molecule has 5 nitrogen and oxygen atoms in total. The van der Waals surface area contributed by atoms with Gasteiger partial charge in [-0.25, -0.2) is 8.42 Å². The Morgan fingerprint density at radius 3 is 2.40 bits per heavy atom. The van der Waals surface area contributed by atoms with Gasteiger partial charge in [-0.15, -0.1) is 0 Å². The van der Waals surface area contributed by atoms with Crippen molar-refractivity contribution < 1.29 is 13.2 Å². The van der Waals surface area contributed by atoms with E-state index in [4.69, 9.17) is 10.5 Å². The van der Waals surface area contributed by atoms with E-state index in [9.17, 15) is 8.42 Å². The van der Waals surface area contributed by atoms with Gasteiger partial charge >= 0.3 is 0 Å². The lowest BCUT2D eigenvalue weighted by Crippen LogP contribution is -2.31. The minimum Gasteiger partial charge on any atom is -0.398 e. The fourth-order valence-corrected chi connectivity index (χ4v) is 2.99. The number of hydrogen-bond donors (Lipinski definition) is 1. The Balaban J connectivity index is 2.93. The van der Waals surface area contributed by atoms with E-state index >= 15 is 0 Å². The molecule has 0 spiro atoms. The topological polar surface area (TPSA) is 72.6 Å². The number of anilines is 1. The molecule has 0 heterocycles. The lowest BCUT2D eigenvalue weighted by Gasteiger charge is -2.19. The first-order valence-electron chi connectivity index (χ1n) is 6.61. The molecule has 0 unspecified atom stereocenters. The van der Waals surface area contributed by atoms with Crippen LogP contribution in [0.25, 0.3) is 0 Å². The average molecular weight is 300 g/mol. The van der Waals surface area contributed by atoms with E-state index in [2.05, 4.69) is 0 Å². The maximum atomic E-state index is 12.4. The third-order valence-electron chi connectivity index (χ3n) is 3.25. The first-order valence-corrected chi connectivity index (χ1v) is 8.05. The number of benzene rings is 1. The van der Waals surface area contributed by atoms with Crippen LogP contribution in [0.5, 0.6) is 0 Å². The van der Waals surface area contributed by atoms with Crippen molar-refractivity contribution in [3.63, 3.8) is 0 Å². The average Bonchev–Trinajstić information content (AvgIpc) is 2.34. The number of aryl methyl sites for hydroxylation is 1. The Morgan fingerprint density at radius 2 is 1.90 bits per heavy atom. The largest absolute Gasteiger partial charge is 0.398 e. The molecule has 1 aromatic rings. The molecule has 0 radical (unpaired) electrons. The molecule has 6 heteroatoms. The zero-order chi connectivity index (χ0) is 15.5. The number of nitrogens with zero attached hydrogens (tertiary/aromatic N) is 1. The van der Waals surface area contributed by atoms with Crippen LogP contribution < -0.4 is 5.73 Å². The van der Waals surface area contributed by atoms with Crippen LogP contribution in [-0.4, -0.2) is 39.0 Å². The Labute approximate surface area is 121 Å². The fraction of sp³-hybridized carbons (Fsp3) is 0.571. The molecule has 0 aliphatic carbocycles. The van der Waals surface area contributed by atoms with Gasteiger partial charge in [-0.2, -0.15) is 4.31 Å². The summed E-state index contributed by atoms with van der Waals surface area (Å²) in [5, 5.41) is 0. The van der Waals surface area contributed by atoms with E-state index in [1.165, 1.54) is 10.4 Å². The lowest BCUT2D eigenvalue weighted by atomic mass is 10.1. The number of hydrogen-bond acceptors (Lipinski definition) is 4. The fourth-order valence-electron chi connectivity index (χ4n) is 1.72. The molecule has 0 aliphatic rings. The first-order chi connectivity index (χ1) is 9.16. The highest BCUT2D eigenvalue weighted by atomic mass is 32.2. The summed E-state index contributed by atoms with van der Waals surface area (Å²) in [5.41, 5.74) is 8.13. The summed E-state index contributed by atoms with van der Waals surface area (Å²) in [6, 6.07) is 3.16. The van der Waals surface area contributed by atoms with Crippen molar-refractivity contribution in [3.8, 4) is 0 Å². The molecule has 20 heavy (non-hydrogen) atoms. The Kier molecular flexibility index (Phi) is 5.56. The molecule has 0 saturated heterocycles. The predicted octanol–water partition coefficient (Wildman–Crippen LogP) is 1.93. The zero-order valence-corrected chi connectivity index (χ0v) is 13.6. The monoisotopic (exact) mass is 300 g/mol. The van der Waals surface area contributed by atoms with Crippen molar-refractivity contribution in [1.29, 1.82) is 0 Å². The standard InChI is InChI=1S/C14H24N2O3S/c1-10(2)19-7-6-16(5)20(17,18)13-8-11(3)12(4)14(15)9-13/h8-10H,6-7,15H2,1-5H3. The lowest BCUT2D eigenvalue weighted by molar-refractivity contribution is 0.0737. The van der Waals surface area contributed by atoms with Crippen molar-refractivity contribution in [2.45, 2.75) is 38.7 Å². The van der Waals surface area contributed by atoms with Crippen molar-refractivity contribution >= 4 is 15.7 Å². The molecule has 114 valence electrons. The second-order valence-corrected chi connectivity index (χ2v) is 7.25. The summed E-state index contributed by atoms with van der Waals surface area (Å²) in [5.74, 6) is 0. The third kappa shape index (κ3) is 3.94. The van der Waals surface area contributed by atoms with Gasteiger partial charge < -0.3 is 10.5 Å². The van der Waals surface area contributed by atoms with E-state index in [-0.39, 0.29) is 11.0 Å². The van der Waals surface area contributed by atoms with Crippen LogP contribution in [0.1, 0.15) is 25.0 Å². The summed E-state index contributed by atoms with van der Waals surface area (Å²) < 4.78 is 31.5. The van der Waals surface area contributed by atoms with Crippen molar-refractivity contribution in [1.82, 2.24) is 4.31 Å². The van der Waals surface area contributed by atoms with Gasteiger partial charge in [0, 0.05) is 19.3 Å². The van der Waals surface area contributed by atoms with Gasteiger partial charge in [0.2, 0.25) is 10.0 Å². The van der Waals surface area contributed by atoms with Crippen molar-refractivity contribution in [2.75, 3.05) is 25.9 Å². The molecular weight excluding hydrogens is 276 g/mol. The Bertz CT molecular complexity index is 545. The normalized spacial score (nSPS) is 12.3. The quantitative estimate of drug-likeness (QED) is 0.815. The second-order valence-electron chi connectivity index (χ2n) is 5.20. The van der Waals surface area contributed by atoms with Gasteiger partial charge in [0.05, 0.1) is 17.6 Å². The van der Waals surface area contributed by atoms with E-state index in [0.29, 0.717) is 18.8 Å². The molecule has 0 aliphatic heterocycles. The van der Waals surface area contributed by atoms with Crippen LogP contribution in [0.4, 0.5) is 5.69 Å². The van der Waals surface area contributed by atoms with Crippen LogP contribution in [-0.2, 0) is 14.8 Å². The number of sulfonamides is 1. The van der Waals surface area contributed by atoms with Crippen LogP contribution in [0.3, 0.4) is 0 Å². The van der Waals surface area contributed by atoms with Gasteiger partial charge in [0.15, 0.2) is 0 Å². The van der Waals surface area contributed by atoms with Crippen molar-refractivity contribution in [2.24, 2.45) is 0 Å². The highest BCUT2D eigenvalue weighted by Crippen LogP contribution is 2.23. The van der Waals surface area contributed by atoms with Crippen LogP contribution in [0, 0.1) is 13.8 Å². The van der Waals surface area contributed by atoms with E-state index in [0.717, 1.165) is 11.1 Å². The smallest absolute Gasteiger partial charge is 0.242 e. The molecule has 0 atom stereocenters. The second kappa shape index (κ2) is 6.56. The maximum absolute atomic E-state index is 12.4. The van der Waals surface area contributed by atoms with Crippen LogP contribution in [0.2, 0.25) is 0 Å². The minimum absolute atomic E-state index is 0.0865. The highest BCUT2D eigenvalue weighted by Gasteiger charge is 2.21. The number of ether oxygens (including phenoxy) is 1. The molecule has 0 bridgehead atoms. The van der Waals surface area contributed by atoms with Crippen LogP contribution >= 0.6 is 0 Å². The number of nitrogens with two attached hydrogens (primary N) is 1. The summed E-state index contributed by atoms with van der Waals surface area (Å²) in [6.45, 7) is 8.24. The number of likely N-dealkylation sites (N-methyl/N-ethyl adjacent to an activating group) is 1. The molecule has 0 amide bonds. The predicted molar refractivity (Wildman–Crippen MR) is 81.2 cm³/mol. The molecule has 1 rings (SSSR count). The summed E-state index contributed by atoms with van der Waals surface area (Å²) in [6.07, 6.45) is 0.0865. The van der Waals surface area contributed by atoms with E-state index in [1.807, 2.05) is 27.7 Å². The van der Waals surface area contributed by atoms with E-state index in [1.54, 1.807) is 13.1 Å². The maximum Gasteiger partial charge on any atom is 0.242 e. The van der Waals surface area contributed by atoms with Gasteiger partial charge in [-0.1, -0.05) is 0 Å². The number of rotatable bonds is 6. The molecule has 2 N–H and O–H groups in total. The molecular formula is C14H24N2O3S. The molecule has 0 saturated carbocycles. The molecule has 0 fully saturated rings. The number of nitrogen functional groups attached to an aromatic ring is 1. The van der Waals surface area contributed by atoms with E-state index < -0.39 is 10.0 Å². The summed E-state index contributed by atoms with van der Waals surface area (Å²) in [4.78, 5) is 0.227. The molecule has 1 aromatic carbocycles. The minimum atomic E-state index is -3.53. The third-order valence-corrected chi connectivity index (χ3v) is 5.08. The zero-order valence-electron chi connectivity index (χ0n) is 12.8. The Hall–Kier alpha value is -1.11. The van der Waals surface area contributed by atoms with Gasteiger partial charge in [0.1, 0.15) is 0 Å². The molecule has 0 aromatic heterocycles. The highest BCUT2D eigenvalue weighted by molar-refractivity contribution is 7.89. The van der Waals surface area contributed by atoms with Gasteiger partial charge in [-0.05, 0) is 51.0 Å². The summed E-state index contributed by atoms with van der Waals surface area (Å²) in [7, 11) is -1.98. The van der Waals surface area contributed by atoms with Crippen molar-refractivity contribution in [3.05, 3.63) is 23.3 Å². The van der Waals surface area contributed by atoms with Gasteiger partial charge in [0.25, 0.3) is 0 Å².